The van der Waals surface area contributed by atoms with Crippen LogP contribution in [0.4, 0.5) is 5.82 Å². The number of hydrogen-bond donors (Lipinski definition) is 1. The standard InChI is InChI=1S/C31H28N6O7/c1-16(38)41-14-24-27(42-17(2)39)28(43-18(3)40)31(44-24)37-15-34-26-29(35-25(12-32)36-30(26)37)33-13-23-21-10-6-4-8-19(21)20-9-5-7-11-22(20)23/h4-11,15,23-24,27-28,31H,13-14H2,1-3H3,(H,33,35,36)/t24-,27+,28+,31+/m0/s1. The Morgan fingerprint density at radius 1 is 0.932 bits per heavy atom. The van der Waals surface area contributed by atoms with Crippen LogP contribution in [0.3, 0.4) is 0 Å². The fourth-order valence-corrected chi connectivity index (χ4v) is 5.87. The van der Waals surface area contributed by atoms with Crippen LogP contribution < -0.4 is 5.32 Å². The predicted molar refractivity (Wildman–Crippen MR) is 154 cm³/mol. The third-order valence-corrected chi connectivity index (χ3v) is 7.57. The molecule has 6 rings (SSSR count). The van der Waals surface area contributed by atoms with Crippen molar-refractivity contribution < 1.29 is 33.3 Å². The zero-order valence-electron chi connectivity index (χ0n) is 24.1. The summed E-state index contributed by atoms with van der Waals surface area (Å²) in [5.74, 6) is -1.62. The molecule has 4 aromatic rings. The first kappa shape index (κ1) is 28.8. The van der Waals surface area contributed by atoms with E-state index in [-0.39, 0.29) is 24.0 Å². The highest BCUT2D eigenvalue weighted by molar-refractivity contribution is 5.84. The Morgan fingerprint density at radius 3 is 2.18 bits per heavy atom. The molecule has 1 saturated heterocycles. The van der Waals surface area contributed by atoms with E-state index in [9.17, 15) is 19.6 Å². The van der Waals surface area contributed by atoms with Gasteiger partial charge in [-0.25, -0.2) is 4.98 Å². The number of benzene rings is 2. The molecule has 0 spiro atoms. The number of nitrogens with one attached hydrogen (secondary N) is 1. The number of anilines is 1. The largest absolute Gasteiger partial charge is 0.463 e. The van der Waals surface area contributed by atoms with Crippen molar-refractivity contribution in [1.82, 2.24) is 19.5 Å². The molecule has 1 aliphatic heterocycles. The number of nitrogens with zero attached hydrogens (tertiary/aromatic N) is 5. The number of fused-ring (bicyclic) bond motifs is 4. The van der Waals surface area contributed by atoms with E-state index in [0.717, 1.165) is 0 Å². The summed E-state index contributed by atoms with van der Waals surface area (Å²) in [5.41, 5.74) is 5.27. The van der Waals surface area contributed by atoms with Gasteiger partial charge in [-0.2, -0.15) is 15.2 Å². The summed E-state index contributed by atoms with van der Waals surface area (Å²) >= 11 is 0. The van der Waals surface area contributed by atoms with E-state index >= 15 is 0 Å². The third-order valence-electron chi connectivity index (χ3n) is 7.57. The Kier molecular flexibility index (Phi) is 7.67. The lowest BCUT2D eigenvalue weighted by Crippen LogP contribution is -2.40. The Morgan fingerprint density at radius 2 is 1.57 bits per heavy atom. The van der Waals surface area contributed by atoms with Gasteiger partial charge in [-0.1, -0.05) is 48.5 Å². The molecular weight excluding hydrogens is 568 g/mol. The summed E-state index contributed by atoms with van der Waals surface area (Å²) < 4.78 is 23.8. The molecule has 224 valence electrons. The van der Waals surface area contributed by atoms with Crippen LogP contribution in [0.15, 0.2) is 54.9 Å². The molecule has 13 heteroatoms. The van der Waals surface area contributed by atoms with E-state index in [0.29, 0.717) is 17.9 Å². The average Bonchev–Trinajstić information content (AvgIpc) is 3.66. The van der Waals surface area contributed by atoms with Gasteiger partial charge >= 0.3 is 17.9 Å². The van der Waals surface area contributed by atoms with Gasteiger partial charge in [-0.15, -0.1) is 0 Å². The molecule has 3 heterocycles. The van der Waals surface area contributed by atoms with E-state index in [1.165, 1.54) is 53.9 Å². The fourth-order valence-electron chi connectivity index (χ4n) is 5.87. The molecule has 0 bridgehead atoms. The number of hydrogen-bond acceptors (Lipinski definition) is 12. The first-order chi connectivity index (χ1) is 21.2. The number of ether oxygens (including phenoxy) is 4. The highest BCUT2D eigenvalue weighted by Crippen LogP contribution is 2.44. The normalized spacial score (nSPS) is 20.4. The van der Waals surface area contributed by atoms with Gasteiger partial charge in [0.15, 0.2) is 35.4 Å². The molecular formula is C31H28N6O7. The van der Waals surface area contributed by atoms with E-state index in [1.54, 1.807) is 0 Å². The maximum absolute atomic E-state index is 12.1. The number of nitriles is 1. The molecule has 1 aliphatic carbocycles. The van der Waals surface area contributed by atoms with Crippen molar-refractivity contribution in [2.75, 3.05) is 18.5 Å². The number of imidazole rings is 1. The molecule has 0 amide bonds. The van der Waals surface area contributed by atoms with Gasteiger partial charge in [-0.3, -0.25) is 19.0 Å². The zero-order valence-corrected chi connectivity index (χ0v) is 24.1. The van der Waals surface area contributed by atoms with Crippen molar-refractivity contribution in [2.45, 2.75) is 51.2 Å². The second kappa shape index (κ2) is 11.7. The van der Waals surface area contributed by atoms with Crippen LogP contribution >= 0.6 is 0 Å². The summed E-state index contributed by atoms with van der Waals surface area (Å²) in [6, 6.07) is 18.4. The van der Waals surface area contributed by atoms with Crippen LogP contribution in [0.2, 0.25) is 0 Å². The lowest BCUT2D eigenvalue weighted by Gasteiger charge is -2.23. The Balaban J connectivity index is 1.36. The van der Waals surface area contributed by atoms with Crippen LogP contribution in [0, 0.1) is 11.3 Å². The Hall–Kier alpha value is -5.35. The van der Waals surface area contributed by atoms with Crippen LogP contribution in [-0.4, -0.2) is 68.9 Å². The summed E-state index contributed by atoms with van der Waals surface area (Å²) in [7, 11) is 0. The number of carbonyl (C=O) groups excluding carboxylic acids is 3. The minimum absolute atomic E-state index is 0.0260. The second-order valence-electron chi connectivity index (χ2n) is 10.5. The average molecular weight is 597 g/mol. The van der Waals surface area contributed by atoms with E-state index < -0.39 is 42.4 Å². The van der Waals surface area contributed by atoms with Crippen LogP contribution in [-0.2, 0) is 33.3 Å². The molecule has 1 fully saturated rings. The van der Waals surface area contributed by atoms with Gasteiger partial charge in [0.05, 0.1) is 6.33 Å². The zero-order chi connectivity index (χ0) is 31.0. The summed E-state index contributed by atoms with van der Waals surface area (Å²) in [4.78, 5) is 48.9. The van der Waals surface area contributed by atoms with Crippen molar-refractivity contribution in [3.63, 3.8) is 0 Å². The van der Waals surface area contributed by atoms with Crippen molar-refractivity contribution in [2.24, 2.45) is 0 Å². The maximum atomic E-state index is 12.1. The van der Waals surface area contributed by atoms with Gasteiger partial charge < -0.3 is 24.3 Å². The highest BCUT2D eigenvalue weighted by Gasteiger charge is 2.51. The number of esters is 3. The Labute approximate surface area is 251 Å². The third kappa shape index (κ3) is 5.31. The molecule has 4 atom stereocenters. The molecule has 0 unspecified atom stereocenters. The molecule has 1 N–H and O–H groups in total. The SMILES string of the molecule is CC(=O)OC[C@@H]1O[C@@H](n2cnc3c(NCC4c5ccccc5-c5ccccc54)nc(C#N)nc32)[C@H](OC(C)=O)[C@@H]1OC(C)=O. The lowest BCUT2D eigenvalue weighted by atomic mass is 9.97. The quantitative estimate of drug-likeness (QED) is 0.233. The number of rotatable bonds is 8. The monoisotopic (exact) mass is 596 g/mol. The van der Waals surface area contributed by atoms with Crippen LogP contribution in [0.25, 0.3) is 22.3 Å². The molecule has 2 aromatic heterocycles. The lowest BCUT2D eigenvalue weighted by molar-refractivity contribution is -0.166. The van der Waals surface area contributed by atoms with Gasteiger partial charge in [0.2, 0.25) is 5.82 Å². The van der Waals surface area contributed by atoms with Crippen LogP contribution in [0.5, 0.6) is 0 Å². The second-order valence-corrected chi connectivity index (χ2v) is 10.5. The molecule has 13 nitrogen and oxygen atoms in total. The molecule has 2 aromatic carbocycles. The highest BCUT2D eigenvalue weighted by atomic mass is 16.7. The number of aromatic nitrogens is 4. The molecule has 2 aliphatic rings. The Bertz CT molecular complexity index is 1770. The molecule has 44 heavy (non-hydrogen) atoms. The van der Waals surface area contributed by atoms with Gasteiger partial charge in [-0.05, 0) is 22.3 Å². The predicted octanol–water partition coefficient (Wildman–Crippen LogP) is 3.25. The van der Waals surface area contributed by atoms with E-state index in [4.69, 9.17) is 18.9 Å². The maximum Gasteiger partial charge on any atom is 0.303 e. The van der Waals surface area contributed by atoms with Crippen molar-refractivity contribution in [3.05, 3.63) is 71.8 Å². The van der Waals surface area contributed by atoms with Gasteiger partial charge in [0.25, 0.3) is 0 Å². The first-order valence-electron chi connectivity index (χ1n) is 13.9. The van der Waals surface area contributed by atoms with Crippen molar-refractivity contribution in [1.29, 1.82) is 5.26 Å². The summed E-state index contributed by atoms with van der Waals surface area (Å²) in [6.07, 6.45) is -2.87. The summed E-state index contributed by atoms with van der Waals surface area (Å²) in [6.45, 7) is 3.86. The van der Waals surface area contributed by atoms with E-state index in [1.807, 2.05) is 30.3 Å². The summed E-state index contributed by atoms with van der Waals surface area (Å²) in [5, 5.41) is 13.2. The van der Waals surface area contributed by atoms with E-state index in [2.05, 4.69) is 44.5 Å². The van der Waals surface area contributed by atoms with Crippen molar-refractivity contribution in [3.8, 4) is 17.2 Å². The number of carbonyl (C=O) groups is 3. The molecule has 0 radical (unpaired) electrons. The van der Waals surface area contributed by atoms with Gasteiger partial charge in [0.1, 0.15) is 18.8 Å². The first-order valence-corrected chi connectivity index (χ1v) is 13.9. The fraction of sp³-hybridized carbons (Fsp3) is 0.323. The van der Waals surface area contributed by atoms with Crippen LogP contribution in [0.1, 0.15) is 49.9 Å². The van der Waals surface area contributed by atoms with Gasteiger partial charge in [0, 0.05) is 33.2 Å². The van der Waals surface area contributed by atoms with Crippen molar-refractivity contribution >= 4 is 34.9 Å². The molecule has 0 saturated carbocycles. The smallest absolute Gasteiger partial charge is 0.303 e. The minimum atomic E-state index is -1.14. The topological polar surface area (TPSA) is 168 Å². The minimum Gasteiger partial charge on any atom is -0.463 e.